The van der Waals surface area contributed by atoms with Crippen molar-refractivity contribution in [1.82, 2.24) is 25.6 Å². The molecule has 10 heteroatoms. The van der Waals surface area contributed by atoms with E-state index in [9.17, 15) is 9.18 Å². The lowest BCUT2D eigenvalue weighted by Gasteiger charge is -2.11. The predicted molar refractivity (Wildman–Crippen MR) is 133 cm³/mol. The summed E-state index contributed by atoms with van der Waals surface area (Å²) in [6.07, 6.45) is 4.51. The Morgan fingerprint density at radius 1 is 1.14 bits per heavy atom. The van der Waals surface area contributed by atoms with Gasteiger partial charge in [0.15, 0.2) is 5.82 Å². The molecule has 0 saturated heterocycles. The van der Waals surface area contributed by atoms with Crippen LogP contribution in [0.5, 0.6) is 5.88 Å². The average molecular weight is 478 g/mol. The van der Waals surface area contributed by atoms with Crippen molar-refractivity contribution in [2.45, 2.75) is 25.8 Å². The highest BCUT2D eigenvalue weighted by Gasteiger charge is 2.09. The molecule has 182 valence electrons. The lowest BCUT2D eigenvalue weighted by atomic mass is 10.2. The van der Waals surface area contributed by atoms with E-state index in [4.69, 9.17) is 4.74 Å². The van der Waals surface area contributed by atoms with E-state index in [0.717, 1.165) is 0 Å². The summed E-state index contributed by atoms with van der Waals surface area (Å²) in [5.74, 6) is 7.01. The van der Waals surface area contributed by atoms with Gasteiger partial charge in [0.2, 0.25) is 17.7 Å². The zero-order valence-corrected chi connectivity index (χ0v) is 19.9. The van der Waals surface area contributed by atoms with Gasteiger partial charge in [-0.1, -0.05) is 17.9 Å². The zero-order chi connectivity index (χ0) is 25.0. The molecule has 9 nitrogen and oxygen atoms in total. The molecule has 1 aromatic carbocycles. The monoisotopic (exact) mass is 477 g/mol. The molecule has 3 aromatic rings. The summed E-state index contributed by atoms with van der Waals surface area (Å²) in [4.78, 5) is 24.8. The molecule has 3 rings (SSSR count). The van der Waals surface area contributed by atoms with Crippen molar-refractivity contribution < 1.29 is 13.9 Å². The molecule has 1 atom stereocenters. The van der Waals surface area contributed by atoms with E-state index in [-0.39, 0.29) is 23.7 Å². The molecule has 0 radical (unpaired) electrons. The summed E-state index contributed by atoms with van der Waals surface area (Å²) in [6, 6.07) is 9.33. The van der Waals surface area contributed by atoms with Crippen LogP contribution in [0, 0.1) is 17.7 Å². The molecule has 0 spiro atoms. The predicted octanol–water partition coefficient (Wildman–Crippen LogP) is 3.36. The second-order valence-corrected chi connectivity index (χ2v) is 7.51. The van der Waals surface area contributed by atoms with Gasteiger partial charge in [0, 0.05) is 24.7 Å². The average Bonchev–Trinajstić information content (AvgIpc) is 2.87. The van der Waals surface area contributed by atoms with Crippen LogP contribution < -0.4 is 26.0 Å². The van der Waals surface area contributed by atoms with Gasteiger partial charge < -0.3 is 26.0 Å². The van der Waals surface area contributed by atoms with E-state index in [1.807, 2.05) is 0 Å². The number of carbonyl (C=O) groups is 1. The van der Waals surface area contributed by atoms with Crippen LogP contribution in [0.3, 0.4) is 0 Å². The van der Waals surface area contributed by atoms with Crippen LogP contribution in [-0.2, 0) is 4.79 Å². The highest BCUT2D eigenvalue weighted by Crippen LogP contribution is 2.22. The maximum atomic E-state index is 13.5. The van der Waals surface area contributed by atoms with Crippen LogP contribution in [0.2, 0.25) is 0 Å². The number of nitrogens with one attached hydrogen (secondary N) is 4. The van der Waals surface area contributed by atoms with Crippen molar-refractivity contribution in [1.29, 1.82) is 0 Å². The van der Waals surface area contributed by atoms with E-state index in [1.165, 1.54) is 12.1 Å². The smallest absolute Gasteiger partial charge is 0.236 e. The molecule has 0 fully saturated rings. The molecule has 0 bridgehead atoms. The van der Waals surface area contributed by atoms with Gasteiger partial charge >= 0.3 is 0 Å². The number of likely N-dealkylation sites (N-methyl/N-ethyl adjacent to an activating group) is 1. The number of hydrogen-bond acceptors (Lipinski definition) is 8. The normalized spacial score (nSPS) is 11.1. The summed E-state index contributed by atoms with van der Waals surface area (Å²) in [5, 5.41) is 11.9. The van der Waals surface area contributed by atoms with Gasteiger partial charge in [0.1, 0.15) is 5.82 Å². The van der Waals surface area contributed by atoms with Crippen molar-refractivity contribution in [3.8, 4) is 17.7 Å². The number of benzene rings is 1. The molecule has 2 aromatic heterocycles. The second kappa shape index (κ2) is 12.9. The fourth-order valence-electron chi connectivity index (χ4n) is 2.87. The topological polar surface area (TPSA) is 113 Å². The van der Waals surface area contributed by atoms with Crippen LogP contribution in [0.25, 0.3) is 0 Å². The van der Waals surface area contributed by atoms with Crippen molar-refractivity contribution in [3.05, 3.63) is 60.2 Å². The number of ether oxygens (including phenoxy) is 1. The largest absolute Gasteiger partial charge is 0.481 e. The zero-order valence-electron chi connectivity index (χ0n) is 19.9. The van der Waals surface area contributed by atoms with E-state index >= 15 is 0 Å². The number of methoxy groups -OCH3 is 1. The summed E-state index contributed by atoms with van der Waals surface area (Å²) in [7, 11) is 3.29. The lowest BCUT2D eigenvalue weighted by Crippen LogP contribution is -2.40. The number of nitrogens with zero attached hydrogens (tertiary/aromatic N) is 3. The Kier molecular flexibility index (Phi) is 9.33. The molecule has 0 unspecified atom stereocenters. The molecule has 35 heavy (non-hydrogen) atoms. The molecule has 1 amide bonds. The Hall–Kier alpha value is -4.23. The Balaban J connectivity index is 1.72. The maximum absolute atomic E-state index is 13.5. The number of carbonyl (C=O) groups excluding carboxylic acids is 1. The van der Waals surface area contributed by atoms with Crippen LogP contribution in [0.1, 0.15) is 25.3 Å². The van der Waals surface area contributed by atoms with Gasteiger partial charge in [-0.3, -0.25) is 4.79 Å². The van der Waals surface area contributed by atoms with Gasteiger partial charge in [-0.25, -0.2) is 14.4 Å². The number of unbranched alkanes of at least 4 members (excludes halogenated alkanes) is 1. The third-order valence-corrected chi connectivity index (χ3v) is 4.90. The molecule has 2 heterocycles. The number of pyridine rings is 1. The van der Waals surface area contributed by atoms with Gasteiger partial charge in [-0.05, 0) is 44.7 Å². The first-order chi connectivity index (χ1) is 17.0. The number of halogens is 1. The van der Waals surface area contributed by atoms with E-state index < -0.39 is 0 Å². The van der Waals surface area contributed by atoms with Crippen LogP contribution in [0.15, 0.2) is 48.8 Å². The van der Waals surface area contributed by atoms with Crippen LogP contribution in [0.4, 0.5) is 27.5 Å². The Morgan fingerprint density at radius 3 is 2.71 bits per heavy atom. The summed E-state index contributed by atoms with van der Waals surface area (Å²) >= 11 is 0. The quantitative estimate of drug-likeness (QED) is 0.260. The van der Waals surface area contributed by atoms with E-state index in [1.54, 1.807) is 57.7 Å². The van der Waals surface area contributed by atoms with Crippen molar-refractivity contribution in [2.75, 3.05) is 31.3 Å². The molecule has 4 N–H and O–H groups in total. The van der Waals surface area contributed by atoms with E-state index in [0.29, 0.717) is 48.0 Å². The van der Waals surface area contributed by atoms with Crippen LogP contribution in [-0.4, -0.2) is 47.6 Å². The molecule has 0 aliphatic rings. The number of hydrogen-bond donors (Lipinski definition) is 4. The molecule has 0 aliphatic heterocycles. The Bertz CT molecular complexity index is 1190. The number of rotatable bonds is 10. The van der Waals surface area contributed by atoms with Crippen LogP contribution >= 0.6 is 0 Å². The molecular weight excluding hydrogens is 449 g/mol. The second-order valence-electron chi connectivity index (χ2n) is 7.51. The first-order valence-electron chi connectivity index (χ1n) is 11.1. The number of amides is 1. The molecular formula is C25H28FN7O2. The first kappa shape index (κ1) is 25.4. The summed E-state index contributed by atoms with van der Waals surface area (Å²) in [6.45, 7) is 2.34. The maximum Gasteiger partial charge on any atom is 0.236 e. The minimum Gasteiger partial charge on any atom is -0.481 e. The summed E-state index contributed by atoms with van der Waals surface area (Å²) in [5.41, 5.74) is 1.79. The summed E-state index contributed by atoms with van der Waals surface area (Å²) < 4.78 is 18.6. The minimum atomic E-state index is -0.364. The highest BCUT2D eigenvalue weighted by molar-refractivity contribution is 5.81. The lowest BCUT2D eigenvalue weighted by molar-refractivity contribution is -0.122. The third kappa shape index (κ3) is 7.94. The molecule has 0 aliphatic carbocycles. The van der Waals surface area contributed by atoms with Gasteiger partial charge in [0.25, 0.3) is 0 Å². The standard InChI is InChI=1S/C25H28FN7O2/c1-17(27-2)24(34)28-13-6-4-5-8-18-15-30-25(32-20-10-7-9-19(26)14-20)33-23(18)31-21-11-12-22(35-3)29-16-21/h7,9-12,14-17,27H,4,6,13H2,1-3H3,(H,28,34)(H2,30,31,32,33)/t17-/m0/s1. The van der Waals surface area contributed by atoms with Gasteiger partial charge in [-0.15, -0.1) is 0 Å². The first-order valence-corrected chi connectivity index (χ1v) is 11.1. The Morgan fingerprint density at radius 2 is 2.00 bits per heavy atom. The van der Waals surface area contributed by atoms with Crippen molar-refractivity contribution in [3.63, 3.8) is 0 Å². The van der Waals surface area contributed by atoms with E-state index in [2.05, 4.69) is 48.1 Å². The third-order valence-electron chi connectivity index (χ3n) is 4.90. The highest BCUT2D eigenvalue weighted by atomic mass is 19.1. The SMILES string of the molecule is CN[C@@H](C)C(=O)NCCCC#Cc1cnc(Nc2cccc(F)c2)nc1Nc1ccc(OC)nc1. The fourth-order valence-corrected chi connectivity index (χ4v) is 2.87. The number of anilines is 4. The Labute approximate surface area is 203 Å². The number of aromatic nitrogens is 3. The van der Waals surface area contributed by atoms with Gasteiger partial charge in [0.05, 0.1) is 36.8 Å². The minimum absolute atomic E-state index is 0.0465. The van der Waals surface area contributed by atoms with Gasteiger partial charge in [-0.2, -0.15) is 4.98 Å². The van der Waals surface area contributed by atoms with Crippen molar-refractivity contribution >= 4 is 29.0 Å². The molecule has 0 saturated carbocycles. The fraction of sp³-hybridized carbons (Fsp3) is 0.280. The van der Waals surface area contributed by atoms with Crippen molar-refractivity contribution in [2.24, 2.45) is 0 Å².